The Balaban J connectivity index is 1.48. The van der Waals surface area contributed by atoms with Crippen LogP contribution in [0.1, 0.15) is 27.6 Å². The van der Waals surface area contributed by atoms with Gasteiger partial charge in [0.05, 0.1) is 11.3 Å². The second-order valence-corrected chi connectivity index (χ2v) is 6.05. The van der Waals surface area contributed by atoms with Crippen LogP contribution in [0.2, 0.25) is 0 Å². The Kier molecular flexibility index (Phi) is 4.25. The molecule has 0 spiro atoms. The number of aromatic nitrogens is 4. The highest BCUT2D eigenvalue weighted by molar-refractivity contribution is 6.10. The summed E-state index contributed by atoms with van der Waals surface area (Å²) in [6.07, 6.45) is 3.74. The normalized spacial score (nSPS) is 12.0. The summed E-state index contributed by atoms with van der Waals surface area (Å²) in [5, 5.41) is 4.84. The van der Waals surface area contributed by atoms with Crippen molar-refractivity contribution in [1.29, 1.82) is 0 Å². The Hall–Kier alpha value is -3.74. The predicted molar refractivity (Wildman–Crippen MR) is 98.9 cm³/mol. The number of nitrogens with zero attached hydrogens (tertiary/aromatic N) is 3. The van der Waals surface area contributed by atoms with E-state index in [4.69, 9.17) is 4.74 Å². The number of ether oxygens (including phenoxy) is 1. The molecule has 0 aliphatic heterocycles. The average molecular weight is 360 g/mol. The number of hydrogen-bond acceptors (Lipinski definition) is 5. The molecule has 1 atom stereocenters. The van der Waals surface area contributed by atoms with Gasteiger partial charge in [0.2, 0.25) is 5.78 Å². The molecule has 27 heavy (non-hydrogen) atoms. The molecule has 4 rings (SSSR count). The highest BCUT2D eigenvalue weighted by Crippen LogP contribution is 2.20. The van der Waals surface area contributed by atoms with E-state index in [2.05, 4.69) is 15.1 Å². The zero-order chi connectivity index (χ0) is 18.8. The van der Waals surface area contributed by atoms with E-state index in [1.165, 1.54) is 6.33 Å². The summed E-state index contributed by atoms with van der Waals surface area (Å²) in [5.41, 5.74) is 2.50. The molecule has 0 amide bonds. The zero-order valence-corrected chi connectivity index (χ0v) is 14.5. The van der Waals surface area contributed by atoms with Gasteiger partial charge in [-0.3, -0.25) is 4.79 Å². The Bertz CT molecular complexity index is 1100. The molecule has 0 bridgehead atoms. The maximum absolute atomic E-state index is 12.7. The van der Waals surface area contributed by atoms with Crippen LogP contribution in [0.3, 0.4) is 0 Å². The van der Waals surface area contributed by atoms with Gasteiger partial charge in [0, 0.05) is 22.7 Å². The lowest BCUT2D eigenvalue weighted by molar-refractivity contribution is 0.0319. The number of H-pyrrole nitrogens is 1. The summed E-state index contributed by atoms with van der Waals surface area (Å²) in [5.74, 6) is -0.805. The molecule has 2 aromatic heterocycles. The van der Waals surface area contributed by atoms with Crippen LogP contribution in [0.5, 0.6) is 0 Å². The Morgan fingerprint density at radius 2 is 1.89 bits per heavy atom. The Morgan fingerprint density at radius 1 is 1.11 bits per heavy atom. The first-order valence-corrected chi connectivity index (χ1v) is 8.40. The van der Waals surface area contributed by atoms with Gasteiger partial charge in [-0.25, -0.2) is 14.5 Å². The van der Waals surface area contributed by atoms with Crippen molar-refractivity contribution in [3.63, 3.8) is 0 Å². The summed E-state index contributed by atoms with van der Waals surface area (Å²) in [6, 6.07) is 14.2. The van der Waals surface area contributed by atoms with Crippen LogP contribution in [0.25, 0.3) is 16.6 Å². The number of para-hydroxylation sites is 1. The number of carbonyl (C=O) groups is 2. The van der Waals surface area contributed by atoms with Crippen LogP contribution in [0.15, 0.2) is 67.4 Å². The molecule has 4 aromatic rings. The quantitative estimate of drug-likeness (QED) is 0.436. The molecule has 134 valence electrons. The summed E-state index contributed by atoms with van der Waals surface area (Å²) in [4.78, 5) is 32.0. The molecule has 0 aliphatic rings. The molecule has 0 radical (unpaired) electrons. The van der Waals surface area contributed by atoms with E-state index in [-0.39, 0.29) is 5.78 Å². The number of nitrogens with one attached hydrogen (secondary N) is 1. The number of esters is 1. The molecule has 2 aromatic carbocycles. The third-order valence-electron chi connectivity index (χ3n) is 4.29. The lowest BCUT2D eigenvalue weighted by atomic mass is 10.1. The maximum Gasteiger partial charge on any atom is 0.338 e. The molecule has 7 nitrogen and oxygen atoms in total. The SMILES string of the molecule is CC(OC(=O)c1ccc(-n2cncn2)cc1)C(=O)c1c[nH]c2ccccc12. The average Bonchev–Trinajstić information content (AvgIpc) is 3.37. The van der Waals surface area contributed by atoms with Gasteiger partial charge in [-0.2, -0.15) is 5.10 Å². The van der Waals surface area contributed by atoms with Gasteiger partial charge in [0.25, 0.3) is 0 Å². The maximum atomic E-state index is 12.7. The van der Waals surface area contributed by atoms with Gasteiger partial charge in [-0.05, 0) is 37.3 Å². The molecule has 0 saturated carbocycles. The third kappa shape index (κ3) is 3.22. The fourth-order valence-electron chi connectivity index (χ4n) is 2.87. The Morgan fingerprint density at radius 3 is 2.63 bits per heavy atom. The third-order valence-corrected chi connectivity index (χ3v) is 4.29. The number of benzene rings is 2. The van der Waals surface area contributed by atoms with Crippen molar-refractivity contribution in [3.8, 4) is 5.69 Å². The highest BCUT2D eigenvalue weighted by atomic mass is 16.5. The topological polar surface area (TPSA) is 89.9 Å². The second kappa shape index (κ2) is 6.87. The van der Waals surface area contributed by atoms with E-state index in [9.17, 15) is 9.59 Å². The van der Waals surface area contributed by atoms with Crippen molar-refractivity contribution in [2.45, 2.75) is 13.0 Å². The van der Waals surface area contributed by atoms with E-state index in [0.29, 0.717) is 11.1 Å². The van der Waals surface area contributed by atoms with Crippen molar-refractivity contribution >= 4 is 22.7 Å². The minimum atomic E-state index is -0.897. The zero-order valence-electron chi connectivity index (χ0n) is 14.5. The fourth-order valence-corrected chi connectivity index (χ4v) is 2.87. The largest absolute Gasteiger partial charge is 0.451 e. The van der Waals surface area contributed by atoms with Gasteiger partial charge in [0.15, 0.2) is 6.10 Å². The van der Waals surface area contributed by atoms with Crippen molar-refractivity contribution in [2.75, 3.05) is 0 Å². The van der Waals surface area contributed by atoms with Crippen LogP contribution in [-0.4, -0.2) is 37.6 Å². The molecule has 7 heteroatoms. The fraction of sp³-hybridized carbons (Fsp3) is 0.100. The molecular formula is C20H16N4O3. The molecular weight excluding hydrogens is 344 g/mol. The number of aromatic amines is 1. The van der Waals surface area contributed by atoms with Gasteiger partial charge in [-0.15, -0.1) is 0 Å². The Labute approximate surface area is 154 Å². The molecule has 2 heterocycles. The van der Waals surface area contributed by atoms with Crippen LogP contribution < -0.4 is 0 Å². The van der Waals surface area contributed by atoms with E-state index < -0.39 is 12.1 Å². The smallest absolute Gasteiger partial charge is 0.338 e. The lowest BCUT2D eigenvalue weighted by Crippen LogP contribution is -2.24. The summed E-state index contributed by atoms with van der Waals surface area (Å²) in [6.45, 7) is 1.58. The van der Waals surface area contributed by atoms with E-state index >= 15 is 0 Å². The standard InChI is InChI=1S/C20H16N4O3/c1-13(19(25)17-10-22-18-5-3-2-4-16(17)18)27-20(26)14-6-8-15(9-7-14)24-12-21-11-23-24/h2-13,22H,1H3. The second-order valence-electron chi connectivity index (χ2n) is 6.05. The first-order chi connectivity index (χ1) is 13.1. The van der Waals surface area contributed by atoms with Gasteiger partial charge in [-0.1, -0.05) is 18.2 Å². The lowest BCUT2D eigenvalue weighted by Gasteiger charge is -2.12. The number of hydrogen-bond donors (Lipinski definition) is 1. The number of rotatable bonds is 5. The van der Waals surface area contributed by atoms with E-state index in [0.717, 1.165) is 16.6 Å². The first kappa shape index (κ1) is 16.7. The number of fused-ring (bicyclic) bond motifs is 1. The monoisotopic (exact) mass is 360 g/mol. The van der Waals surface area contributed by atoms with Gasteiger partial charge in [0.1, 0.15) is 12.7 Å². The summed E-state index contributed by atoms with van der Waals surface area (Å²) < 4.78 is 6.95. The number of carbonyl (C=O) groups excluding carboxylic acids is 2. The minimum absolute atomic E-state index is 0.250. The van der Waals surface area contributed by atoms with Crippen LogP contribution >= 0.6 is 0 Å². The highest BCUT2D eigenvalue weighted by Gasteiger charge is 2.22. The molecule has 0 aliphatic carbocycles. The van der Waals surface area contributed by atoms with Crippen LogP contribution in [-0.2, 0) is 4.74 Å². The molecule has 0 saturated heterocycles. The molecule has 1 N–H and O–H groups in total. The van der Waals surface area contributed by atoms with E-state index in [1.54, 1.807) is 48.4 Å². The van der Waals surface area contributed by atoms with Crippen molar-refractivity contribution in [2.24, 2.45) is 0 Å². The van der Waals surface area contributed by atoms with Gasteiger partial charge < -0.3 is 9.72 Å². The first-order valence-electron chi connectivity index (χ1n) is 8.40. The predicted octanol–water partition coefficient (Wildman–Crippen LogP) is 3.18. The summed E-state index contributed by atoms with van der Waals surface area (Å²) >= 11 is 0. The van der Waals surface area contributed by atoms with Gasteiger partial charge >= 0.3 is 5.97 Å². The van der Waals surface area contributed by atoms with Crippen molar-refractivity contribution in [3.05, 3.63) is 78.5 Å². The van der Waals surface area contributed by atoms with Crippen LogP contribution in [0, 0.1) is 0 Å². The van der Waals surface area contributed by atoms with Crippen LogP contribution in [0.4, 0.5) is 0 Å². The molecule has 1 unspecified atom stereocenters. The minimum Gasteiger partial charge on any atom is -0.451 e. The number of Topliss-reactive ketones (excluding diaryl/α,β-unsaturated/α-hetero) is 1. The van der Waals surface area contributed by atoms with Crippen molar-refractivity contribution in [1.82, 2.24) is 19.7 Å². The number of ketones is 1. The van der Waals surface area contributed by atoms with E-state index in [1.807, 2.05) is 24.3 Å². The molecule has 0 fully saturated rings. The van der Waals surface area contributed by atoms with Crippen molar-refractivity contribution < 1.29 is 14.3 Å². The summed E-state index contributed by atoms with van der Waals surface area (Å²) in [7, 11) is 0.